The van der Waals surface area contributed by atoms with Gasteiger partial charge in [0.2, 0.25) is 22.2 Å². The van der Waals surface area contributed by atoms with E-state index in [4.69, 9.17) is 11.6 Å². The van der Waals surface area contributed by atoms with Gasteiger partial charge in [-0.25, -0.2) is 17.2 Å². The molecule has 2 atom stereocenters. The van der Waals surface area contributed by atoms with Gasteiger partial charge in [-0.15, -0.1) is 0 Å². The van der Waals surface area contributed by atoms with Crippen LogP contribution < -0.4 is 0 Å². The molecule has 0 amide bonds. The van der Waals surface area contributed by atoms with Crippen LogP contribution in [-0.2, 0) is 16.6 Å². The van der Waals surface area contributed by atoms with Crippen molar-refractivity contribution in [2.45, 2.75) is 44.0 Å². The van der Waals surface area contributed by atoms with Crippen molar-refractivity contribution in [3.63, 3.8) is 0 Å². The van der Waals surface area contributed by atoms with Gasteiger partial charge in [0.1, 0.15) is 11.6 Å². The highest BCUT2D eigenvalue weighted by Gasteiger charge is 2.31. The predicted octanol–water partition coefficient (Wildman–Crippen LogP) is 6.24. The molecule has 1 aliphatic rings. The van der Waals surface area contributed by atoms with Crippen LogP contribution in [0.2, 0.25) is 5.02 Å². The third-order valence-electron chi connectivity index (χ3n) is 6.55. The van der Waals surface area contributed by atoms with Crippen molar-refractivity contribution in [1.82, 2.24) is 14.4 Å². The molecule has 0 bridgehead atoms. The number of nitrogens with zero attached hydrogens (tertiary/aromatic N) is 3. The topological polar surface area (TPSA) is 76.3 Å². The lowest BCUT2D eigenvalue weighted by Gasteiger charge is -2.33. The molecule has 1 aromatic heterocycles. The summed E-state index contributed by atoms with van der Waals surface area (Å²) in [5.74, 6) is -1.13. The number of hydrogen-bond acceptors (Lipinski definition) is 5. The molecule has 4 rings (SSSR count). The van der Waals surface area contributed by atoms with E-state index in [2.05, 4.69) is 28.2 Å². The molecule has 1 saturated carbocycles. The maximum absolute atomic E-state index is 15.1. The van der Waals surface area contributed by atoms with Crippen LogP contribution in [0.25, 0.3) is 11.4 Å². The van der Waals surface area contributed by atoms with E-state index in [9.17, 15) is 12.8 Å². The maximum atomic E-state index is 15.1. The Hall–Kier alpha value is -2.62. The van der Waals surface area contributed by atoms with Gasteiger partial charge in [0.15, 0.2) is 0 Å². The quantitative estimate of drug-likeness (QED) is 0.328. The summed E-state index contributed by atoms with van der Waals surface area (Å²) in [4.78, 5) is 3.76. The fourth-order valence-corrected chi connectivity index (χ4v) is 6.16. The van der Waals surface area contributed by atoms with Crippen LogP contribution in [0.5, 0.6) is 0 Å². The van der Waals surface area contributed by atoms with Gasteiger partial charge < -0.3 is 4.52 Å². The van der Waals surface area contributed by atoms with E-state index in [-0.39, 0.29) is 40.9 Å². The first-order chi connectivity index (χ1) is 16.7. The number of aromatic nitrogens is 2. The van der Waals surface area contributed by atoms with Gasteiger partial charge in [-0.1, -0.05) is 55.1 Å². The lowest BCUT2D eigenvalue weighted by molar-refractivity contribution is 0.279. The smallest absolute Gasteiger partial charge is 0.243 e. The predicted molar refractivity (Wildman–Crippen MR) is 129 cm³/mol. The van der Waals surface area contributed by atoms with Gasteiger partial charge in [-0.3, -0.25) is 0 Å². The molecule has 186 valence electrons. The minimum absolute atomic E-state index is 0.00633. The summed E-state index contributed by atoms with van der Waals surface area (Å²) in [7, 11) is -4.07. The molecule has 6 nitrogen and oxygen atoms in total. The first kappa shape index (κ1) is 25.5. The summed E-state index contributed by atoms with van der Waals surface area (Å²) >= 11 is 5.94. The number of hydrogen-bond donors (Lipinski definition) is 0. The Morgan fingerprint density at radius 2 is 1.89 bits per heavy atom. The number of benzene rings is 2. The molecule has 2 aromatic carbocycles. The standard InChI is InChI=1S/C25H26ClF2N3O3S/c1-16-5-3-4-6-21(16)17(2)13-31(35(32,33)20-9-7-19(26)8-10-20)14-18-11-24(28)22(12-23(18)27)25-29-15-34-30-25/h7-12,15-16,21H,2-6,13-14H2,1H3. The van der Waals surface area contributed by atoms with E-state index < -0.39 is 21.7 Å². The first-order valence-corrected chi connectivity index (χ1v) is 13.2. The van der Waals surface area contributed by atoms with Gasteiger partial charge >= 0.3 is 0 Å². The molecule has 1 fully saturated rings. The number of rotatable bonds is 8. The van der Waals surface area contributed by atoms with Gasteiger partial charge in [-0.2, -0.15) is 9.29 Å². The molecular weight excluding hydrogens is 496 g/mol. The molecule has 0 saturated heterocycles. The Balaban J connectivity index is 1.68. The molecule has 3 aromatic rings. The maximum Gasteiger partial charge on any atom is 0.243 e. The van der Waals surface area contributed by atoms with Crippen molar-refractivity contribution in [2.75, 3.05) is 6.54 Å². The summed E-state index contributed by atoms with van der Waals surface area (Å²) in [5.41, 5.74) is 0.475. The highest BCUT2D eigenvalue weighted by molar-refractivity contribution is 7.89. The van der Waals surface area contributed by atoms with Crippen LogP contribution in [0.4, 0.5) is 8.78 Å². The van der Waals surface area contributed by atoms with Crippen molar-refractivity contribution < 1.29 is 21.7 Å². The zero-order valence-corrected chi connectivity index (χ0v) is 20.8. The second kappa shape index (κ2) is 10.6. The van der Waals surface area contributed by atoms with Crippen molar-refractivity contribution in [3.05, 3.63) is 77.2 Å². The molecule has 0 spiro atoms. The third-order valence-corrected chi connectivity index (χ3v) is 8.61. The van der Waals surface area contributed by atoms with Crippen molar-refractivity contribution in [2.24, 2.45) is 11.8 Å². The average Bonchev–Trinajstić information content (AvgIpc) is 3.36. The molecule has 10 heteroatoms. The second-order valence-corrected chi connectivity index (χ2v) is 11.3. The summed E-state index contributed by atoms with van der Waals surface area (Å²) in [5, 5.41) is 3.93. The van der Waals surface area contributed by atoms with Crippen LogP contribution in [0, 0.1) is 23.5 Å². The number of sulfonamides is 1. The third kappa shape index (κ3) is 5.63. The Bertz CT molecular complexity index is 1300. The lowest BCUT2D eigenvalue weighted by Crippen LogP contribution is -2.35. The lowest BCUT2D eigenvalue weighted by atomic mass is 9.76. The Morgan fingerprint density at radius 3 is 2.54 bits per heavy atom. The van der Waals surface area contributed by atoms with Crippen molar-refractivity contribution >= 4 is 21.6 Å². The first-order valence-electron chi connectivity index (χ1n) is 11.3. The molecule has 1 aliphatic carbocycles. The van der Waals surface area contributed by atoms with E-state index in [1.807, 2.05) is 0 Å². The van der Waals surface area contributed by atoms with E-state index >= 15 is 4.39 Å². The van der Waals surface area contributed by atoms with Crippen LogP contribution in [0.1, 0.15) is 38.2 Å². The van der Waals surface area contributed by atoms with Crippen molar-refractivity contribution in [3.8, 4) is 11.4 Å². The van der Waals surface area contributed by atoms with E-state index in [1.54, 1.807) is 0 Å². The molecule has 0 radical (unpaired) electrons. The van der Waals surface area contributed by atoms with Crippen LogP contribution in [-0.4, -0.2) is 29.4 Å². The van der Waals surface area contributed by atoms with Gasteiger partial charge in [-0.05, 0) is 54.7 Å². The molecule has 35 heavy (non-hydrogen) atoms. The fraction of sp³-hybridized carbons (Fsp3) is 0.360. The Kier molecular flexibility index (Phi) is 7.68. The molecule has 0 N–H and O–H groups in total. The summed E-state index contributed by atoms with van der Waals surface area (Å²) in [6.07, 6.45) is 5.17. The van der Waals surface area contributed by atoms with Gasteiger partial charge in [0.25, 0.3) is 0 Å². The average molecular weight is 522 g/mol. The minimum atomic E-state index is -4.07. The SMILES string of the molecule is C=C(CN(Cc1cc(F)c(-c2ncon2)cc1F)S(=O)(=O)c1ccc(Cl)cc1)C1CCCCC1C. The Morgan fingerprint density at radius 1 is 1.17 bits per heavy atom. The van der Waals surface area contributed by atoms with Crippen LogP contribution >= 0.6 is 11.6 Å². The van der Waals surface area contributed by atoms with Gasteiger partial charge in [0.05, 0.1) is 10.5 Å². The second-order valence-electron chi connectivity index (χ2n) is 8.93. The van der Waals surface area contributed by atoms with Crippen LogP contribution in [0.15, 0.2) is 64.4 Å². The highest BCUT2D eigenvalue weighted by Crippen LogP contribution is 2.35. The Labute approximate surface area is 208 Å². The molecular formula is C25H26ClF2N3O3S. The van der Waals surface area contributed by atoms with Crippen molar-refractivity contribution in [1.29, 1.82) is 0 Å². The summed E-state index contributed by atoms with van der Waals surface area (Å²) < 4.78 is 62.8. The summed E-state index contributed by atoms with van der Waals surface area (Å²) in [6.45, 7) is 5.95. The monoisotopic (exact) mass is 521 g/mol. The zero-order valence-electron chi connectivity index (χ0n) is 19.3. The highest BCUT2D eigenvalue weighted by atomic mass is 35.5. The largest absolute Gasteiger partial charge is 0.342 e. The minimum Gasteiger partial charge on any atom is -0.342 e. The molecule has 1 heterocycles. The van der Waals surface area contributed by atoms with E-state index in [0.717, 1.165) is 54.1 Å². The van der Waals surface area contributed by atoms with E-state index in [1.165, 1.54) is 24.3 Å². The summed E-state index contributed by atoms with van der Waals surface area (Å²) in [6, 6.07) is 7.66. The van der Waals surface area contributed by atoms with Gasteiger partial charge in [0, 0.05) is 23.7 Å². The number of halogens is 3. The van der Waals surface area contributed by atoms with E-state index in [0.29, 0.717) is 10.9 Å². The fourth-order valence-electron chi connectivity index (χ4n) is 4.61. The zero-order chi connectivity index (χ0) is 25.2. The molecule has 0 aliphatic heterocycles. The molecule has 2 unspecified atom stereocenters. The normalized spacial score (nSPS) is 18.7. The van der Waals surface area contributed by atoms with Crippen LogP contribution in [0.3, 0.4) is 0 Å².